The number of hydrogen-bond donors (Lipinski definition) is 0. The Hall–Kier alpha value is 0.215. The molecule has 0 aliphatic carbocycles. The maximum Gasteiger partial charge on any atom is 1.00 e. The van der Waals surface area contributed by atoms with Crippen LogP contribution >= 0.6 is 0 Å². The van der Waals surface area contributed by atoms with Gasteiger partial charge in [0, 0.05) is 6.42 Å². The van der Waals surface area contributed by atoms with Crippen molar-refractivity contribution in [2.45, 2.75) is 6.42 Å². The molecule has 2 nitrogen and oxygen atoms in total. The van der Waals surface area contributed by atoms with Gasteiger partial charge in [0.05, 0.1) is 5.43 Å². The van der Waals surface area contributed by atoms with Crippen molar-refractivity contribution in [1.82, 2.24) is 0 Å². The van der Waals surface area contributed by atoms with Crippen LogP contribution in [0.15, 0.2) is 29.1 Å². The molecule has 0 unspecified atom stereocenters. The zero-order chi connectivity index (χ0) is 8.10. The molecular formula is C10H8O2Rb-. The van der Waals surface area contributed by atoms with E-state index >= 15 is 0 Å². The van der Waals surface area contributed by atoms with Gasteiger partial charge in [-0.2, -0.15) is 12.1 Å². The Balaban J connectivity index is 0. The van der Waals surface area contributed by atoms with E-state index in [9.17, 15) is 4.79 Å². The van der Waals surface area contributed by atoms with E-state index in [2.05, 4.69) is 12.0 Å². The summed E-state index contributed by atoms with van der Waals surface area (Å²) >= 11 is 0. The zero-order valence-electron chi connectivity index (χ0n) is 7.45. The molecule has 0 aromatic heterocycles. The van der Waals surface area contributed by atoms with Gasteiger partial charge >= 0.3 is 58.2 Å². The molecule has 1 rings (SSSR count). The van der Waals surface area contributed by atoms with Crippen molar-refractivity contribution in [2.24, 2.45) is 0 Å². The monoisotopic (exact) mass is 245 g/mol. The quantitative estimate of drug-likeness (QED) is 0.418. The third kappa shape index (κ3) is 6.31. The van der Waals surface area contributed by atoms with Crippen molar-refractivity contribution >= 4 is 0 Å². The third-order valence-corrected chi connectivity index (χ3v) is 1.28. The first-order chi connectivity index (χ1) is 5.33. The summed E-state index contributed by atoms with van der Waals surface area (Å²) in [5.74, 6) is 2.50. The van der Waals surface area contributed by atoms with E-state index in [1.165, 1.54) is 6.07 Å². The van der Waals surface area contributed by atoms with Gasteiger partial charge in [-0.3, -0.25) is 0 Å². The molecule has 1 aromatic rings. The minimum Gasteiger partial charge on any atom is -0.870 e. The van der Waals surface area contributed by atoms with E-state index in [-0.39, 0.29) is 69.1 Å². The van der Waals surface area contributed by atoms with Crippen LogP contribution in [0.25, 0.3) is 0 Å². The Morgan fingerprint density at radius 3 is 2.69 bits per heavy atom. The average Bonchev–Trinajstić information content (AvgIpc) is 2.17. The standard InChI is InChI=1S/C10H7O.H2O.Rb/c1-2-4-9-5-3-6-10(11)8-7-9;;/h1,3,5,7-8H,4H2;1H2;/q-1;;+1/p-1. The Kier molecular flexibility index (Phi) is 10.6. The fourth-order valence-corrected chi connectivity index (χ4v) is 0.753. The second kappa shape index (κ2) is 8.80. The molecule has 1 N–H and O–H groups in total. The van der Waals surface area contributed by atoms with Crippen molar-refractivity contribution in [3.63, 3.8) is 0 Å². The maximum absolute atomic E-state index is 10.7. The molecule has 3 heteroatoms. The molecule has 0 aliphatic heterocycles. The predicted octanol–water partition coefficient (Wildman–Crippen LogP) is -2.15. The minimum absolute atomic E-state index is 0. The summed E-state index contributed by atoms with van der Waals surface area (Å²) < 4.78 is 0. The fraction of sp³-hybridized carbons (Fsp3) is 0.100. The number of terminal acetylenes is 1. The Labute approximate surface area is 126 Å². The molecule has 0 saturated carbocycles. The van der Waals surface area contributed by atoms with Gasteiger partial charge in [-0.25, -0.2) is 0 Å². The van der Waals surface area contributed by atoms with Crippen LogP contribution in [0.1, 0.15) is 5.56 Å². The SMILES string of the molecule is C#CCc1cc[c-]c(=O)cc1.[OH-].[Rb+]. The largest absolute Gasteiger partial charge is 1.00 e. The van der Waals surface area contributed by atoms with Gasteiger partial charge in [0.2, 0.25) is 0 Å². The summed E-state index contributed by atoms with van der Waals surface area (Å²) in [6.07, 6.45) is 5.66. The number of hydrogen-bond acceptors (Lipinski definition) is 2. The average molecular weight is 246 g/mol. The maximum atomic E-state index is 10.7. The van der Waals surface area contributed by atoms with Crippen LogP contribution in [-0.2, 0) is 6.42 Å². The summed E-state index contributed by atoms with van der Waals surface area (Å²) in [7, 11) is 0. The second-order valence-corrected chi connectivity index (χ2v) is 2.13. The van der Waals surface area contributed by atoms with E-state index in [1.54, 1.807) is 18.2 Å². The van der Waals surface area contributed by atoms with Crippen molar-refractivity contribution < 1.29 is 63.7 Å². The fourth-order valence-electron chi connectivity index (χ4n) is 0.753. The van der Waals surface area contributed by atoms with Gasteiger partial charge in [0.1, 0.15) is 0 Å². The summed E-state index contributed by atoms with van der Waals surface area (Å²) in [5, 5.41) is 0. The zero-order valence-corrected chi connectivity index (χ0v) is 12.4. The van der Waals surface area contributed by atoms with E-state index in [4.69, 9.17) is 6.42 Å². The van der Waals surface area contributed by atoms with Crippen LogP contribution in [0.3, 0.4) is 0 Å². The van der Waals surface area contributed by atoms with Crippen LogP contribution in [0.4, 0.5) is 0 Å². The van der Waals surface area contributed by atoms with E-state index in [0.717, 1.165) is 5.56 Å². The first kappa shape index (κ1) is 15.7. The molecule has 0 amide bonds. The molecule has 62 valence electrons. The Morgan fingerprint density at radius 1 is 1.38 bits per heavy atom. The molecule has 0 aliphatic rings. The van der Waals surface area contributed by atoms with Gasteiger partial charge in [0.15, 0.2) is 0 Å². The van der Waals surface area contributed by atoms with Crippen molar-refractivity contribution in [2.75, 3.05) is 0 Å². The summed E-state index contributed by atoms with van der Waals surface area (Å²) in [4.78, 5) is 10.7. The molecule has 0 fully saturated rings. The van der Waals surface area contributed by atoms with E-state index in [1.807, 2.05) is 0 Å². The molecule has 1 aromatic carbocycles. The summed E-state index contributed by atoms with van der Waals surface area (Å²) in [6.45, 7) is 0. The summed E-state index contributed by atoms with van der Waals surface area (Å²) in [5.41, 5.74) is 0.846. The normalized spacial score (nSPS) is 7.31. The van der Waals surface area contributed by atoms with Gasteiger partial charge in [-0.1, -0.05) is 0 Å². The van der Waals surface area contributed by atoms with Gasteiger partial charge in [0.25, 0.3) is 0 Å². The molecule has 13 heavy (non-hydrogen) atoms. The topological polar surface area (TPSA) is 47.1 Å². The van der Waals surface area contributed by atoms with Crippen LogP contribution in [-0.4, -0.2) is 5.48 Å². The van der Waals surface area contributed by atoms with Crippen LogP contribution in [0.2, 0.25) is 0 Å². The minimum atomic E-state index is -0.117. The predicted molar refractivity (Wildman–Crippen MR) is 46.0 cm³/mol. The molecule has 0 spiro atoms. The molecule has 0 radical (unpaired) electrons. The van der Waals surface area contributed by atoms with E-state index < -0.39 is 0 Å². The van der Waals surface area contributed by atoms with Crippen molar-refractivity contribution in [3.8, 4) is 12.3 Å². The van der Waals surface area contributed by atoms with Crippen LogP contribution in [0.5, 0.6) is 0 Å². The number of rotatable bonds is 1. The molecule has 0 saturated heterocycles. The van der Waals surface area contributed by atoms with Crippen LogP contribution in [0, 0.1) is 18.4 Å². The Morgan fingerprint density at radius 2 is 2.08 bits per heavy atom. The summed E-state index contributed by atoms with van der Waals surface area (Å²) in [6, 6.07) is 9.11. The van der Waals surface area contributed by atoms with Gasteiger partial charge in [-0.15, -0.1) is 36.1 Å². The first-order valence-corrected chi connectivity index (χ1v) is 3.27. The molecule has 0 heterocycles. The van der Waals surface area contributed by atoms with Crippen LogP contribution < -0.4 is 63.6 Å². The molecular weight excluding hydrogens is 238 g/mol. The first-order valence-electron chi connectivity index (χ1n) is 3.27. The third-order valence-electron chi connectivity index (χ3n) is 1.28. The van der Waals surface area contributed by atoms with Crippen molar-refractivity contribution in [3.05, 3.63) is 46.1 Å². The van der Waals surface area contributed by atoms with Gasteiger partial charge < -0.3 is 10.3 Å². The van der Waals surface area contributed by atoms with Crippen molar-refractivity contribution in [1.29, 1.82) is 0 Å². The smallest absolute Gasteiger partial charge is 0.870 e. The Bertz CT molecular complexity index is 341. The molecule has 0 bridgehead atoms. The molecule has 0 atom stereocenters. The van der Waals surface area contributed by atoms with E-state index in [0.29, 0.717) is 6.42 Å². The second-order valence-electron chi connectivity index (χ2n) is 2.13. The van der Waals surface area contributed by atoms with Gasteiger partial charge in [-0.05, 0) is 0 Å².